The smallest absolute Gasteiger partial charge is 0.278 e. The minimum Gasteiger partial charge on any atom is -0.493 e. The van der Waals surface area contributed by atoms with Crippen molar-refractivity contribution in [3.8, 4) is 11.5 Å². The number of methoxy groups -OCH3 is 2. The van der Waals surface area contributed by atoms with E-state index in [1.165, 1.54) is 20.3 Å². The van der Waals surface area contributed by atoms with E-state index in [1.54, 1.807) is 6.07 Å². The van der Waals surface area contributed by atoms with Crippen LogP contribution in [-0.4, -0.2) is 19.1 Å². The maximum atomic E-state index is 11.1. The molecular formula is C13H18N2O4. The van der Waals surface area contributed by atoms with Gasteiger partial charge in [0.05, 0.1) is 30.8 Å². The Labute approximate surface area is 111 Å². The van der Waals surface area contributed by atoms with Crippen molar-refractivity contribution < 1.29 is 14.4 Å². The van der Waals surface area contributed by atoms with E-state index in [0.717, 1.165) is 19.3 Å². The zero-order chi connectivity index (χ0) is 14.0. The Morgan fingerprint density at radius 3 is 2.42 bits per heavy atom. The fourth-order valence-corrected chi connectivity index (χ4v) is 2.18. The van der Waals surface area contributed by atoms with Crippen LogP contribution in [0.5, 0.6) is 11.5 Å². The van der Waals surface area contributed by atoms with E-state index in [9.17, 15) is 10.1 Å². The van der Waals surface area contributed by atoms with Crippen molar-refractivity contribution >= 4 is 5.69 Å². The number of nitro benzene ring substituents is 1. The van der Waals surface area contributed by atoms with E-state index >= 15 is 0 Å². The summed E-state index contributed by atoms with van der Waals surface area (Å²) in [6.07, 6.45) is 3.10. The number of nitrogens with two attached hydrogens (primary N) is 1. The fraction of sp³-hybridized carbons (Fsp3) is 0.538. The van der Waals surface area contributed by atoms with Crippen molar-refractivity contribution in [1.29, 1.82) is 0 Å². The molecular weight excluding hydrogens is 248 g/mol. The zero-order valence-electron chi connectivity index (χ0n) is 11.1. The number of nitrogens with zero attached hydrogens (tertiary/aromatic N) is 1. The summed E-state index contributed by atoms with van der Waals surface area (Å²) in [5.74, 6) is 1.41. The van der Waals surface area contributed by atoms with Gasteiger partial charge in [-0.3, -0.25) is 10.1 Å². The van der Waals surface area contributed by atoms with Crippen molar-refractivity contribution in [3.63, 3.8) is 0 Å². The Morgan fingerprint density at radius 2 is 1.95 bits per heavy atom. The lowest BCUT2D eigenvalue weighted by atomic mass is 9.99. The van der Waals surface area contributed by atoms with Gasteiger partial charge in [0.1, 0.15) is 0 Å². The molecule has 1 fully saturated rings. The molecule has 1 saturated carbocycles. The molecule has 0 aliphatic heterocycles. The molecule has 1 aliphatic rings. The van der Waals surface area contributed by atoms with Gasteiger partial charge in [-0.15, -0.1) is 0 Å². The van der Waals surface area contributed by atoms with Gasteiger partial charge in [-0.25, -0.2) is 0 Å². The highest BCUT2D eigenvalue weighted by Gasteiger charge is 2.29. The molecule has 0 spiro atoms. The first-order chi connectivity index (χ1) is 9.06. The van der Waals surface area contributed by atoms with Crippen molar-refractivity contribution in [2.45, 2.75) is 25.3 Å². The van der Waals surface area contributed by atoms with Crippen LogP contribution in [0.1, 0.15) is 30.9 Å². The summed E-state index contributed by atoms with van der Waals surface area (Å²) in [6, 6.07) is 2.65. The molecule has 0 heterocycles. The summed E-state index contributed by atoms with van der Waals surface area (Å²) < 4.78 is 10.3. The van der Waals surface area contributed by atoms with Crippen molar-refractivity contribution in [3.05, 3.63) is 27.8 Å². The van der Waals surface area contributed by atoms with Gasteiger partial charge in [0.2, 0.25) is 0 Å². The summed E-state index contributed by atoms with van der Waals surface area (Å²) in [5.41, 5.74) is 6.59. The monoisotopic (exact) mass is 266 g/mol. The van der Waals surface area contributed by atoms with Crippen LogP contribution in [0, 0.1) is 16.0 Å². The Morgan fingerprint density at radius 1 is 1.37 bits per heavy atom. The van der Waals surface area contributed by atoms with Gasteiger partial charge < -0.3 is 15.2 Å². The van der Waals surface area contributed by atoms with Crippen LogP contribution >= 0.6 is 0 Å². The van der Waals surface area contributed by atoms with Crippen molar-refractivity contribution in [2.75, 3.05) is 14.2 Å². The molecule has 1 aliphatic carbocycles. The molecule has 6 nitrogen and oxygen atoms in total. The molecule has 0 unspecified atom stereocenters. The molecule has 0 bridgehead atoms. The molecule has 0 radical (unpaired) electrons. The maximum absolute atomic E-state index is 11.1. The minimum absolute atomic E-state index is 0.00852. The second-order valence-electron chi connectivity index (χ2n) is 4.81. The van der Waals surface area contributed by atoms with Crippen molar-refractivity contribution in [2.24, 2.45) is 11.7 Å². The van der Waals surface area contributed by atoms with Crippen LogP contribution in [0.2, 0.25) is 0 Å². The van der Waals surface area contributed by atoms with Gasteiger partial charge in [0.15, 0.2) is 11.5 Å². The Hall–Kier alpha value is -1.82. The van der Waals surface area contributed by atoms with E-state index in [-0.39, 0.29) is 11.7 Å². The minimum atomic E-state index is -0.427. The summed E-state index contributed by atoms with van der Waals surface area (Å²) in [5, 5.41) is 11.1. The van der Waals surface area contributed by atoms with E-state index < -0.39 is 4.92 Å². The first kappa shape index (κ1) is 13.6. The second-order valence-corrected chi connectivity index (χ2v) is 4.81. The lowest BCUT2D eigenvalue weighted by molar-refractivity contribution is -0.385. The largest absolute Gasteiger partial charge is 0.493 e. The third kappa shape index (κ3) is 2.96. The SMILES string of the molecule is COc1cc([C@H](N)CC2CC2)c([N+](=O)[O-])cc1OC. The van der Waals surface area contributed by atoms with Gasteiger partial charge in [-0.05, 0) is 18.4 Å². The summed E-state index contributed by atoms with van der Waals surface area (Å²) in [4.78, 5) is 10.7. The molecule has 104 valence electrons. The maximum Gasteiger partial charge on any atom is 0.278 e. The molecule has 0 amide bonds. The topological polar surface area (TPSA) is 87.6 Å². The highest BCUT2D eigenvalue weighted by Crippen LogP contribution is 2.41. The number of hydrogen-bond donors (Lipinski definition) is 1. The number of benzene rings is 1. The summed E-state index contributed by atoms with van der Waals surface area (Å²) >= 11 is 0. The molecule has 6 heteroatoms. The van der Waals surface area contributed by atoms with E-state index in [0.29, 0.717) is 23.0 Å². The Kier molecular flexibility index (Phi) is 3.90. The van der Waals surface area contributed by atoms with Crippen LogP contribution in [0.15, 0.2) is 12.1 Å². The zero-order valence-corrected chi connectivity index (χ0v) is 11.1. The van der Waals surface area contributed by atoms with E-state index in [4.69, 9.17) is 15.2 Å². The first-order valence-corrected chi connectivity index (χ1v) is 6.22. The number of nitro groups is 1. The van der Waals surface area contributed by atoms with Crippen LogP contribution in [0.3, 0.4) is 0 Å². The van der Waals surface area contributed by atoms with Gasteiger partial charge >= 0.3 is 0 Å². The third-order valence-electron chi connectivity index (χ3n) is 3.41. The lowest BCUT2D eigenvalue weighted by Crippen LogP contribution is -2.13. The number of rotatable bonds is 6. The number of hydrogen-bond acceptors (Lipinski definition) is 5. The highest BCUT2D eigenvalue weighted by atomic mass is 16.6. The standard InChI is InChI=1S/C13H18N2O4/c1-18-12-6-9(10(14)5-8-3-4-8)11(15(16)17)7-13(12)19-2/h6-8,10H,3-5,14H2,1-2H3/t10-/m1/s1. The van der Waals surface area contributed by atoms with E-state index in [2.05, 4.69) is 0 Å². The average molecular weight is 266 g/mol. The fourth-order valence-electron chi connectivity index (χ4n) is 2.18. The molecule has 2 rings (SSSR count). The average Bonchev–Trinajstić information content (AvgIpc) is 3.20. The van der Waals surface area contributed by atoms with Gasteiger partial charge in [0, 0.05) is 6.04 Å². The normalized spacial score (nSPS) is 15.9. The summed E-state index contributed by atoms with van der Waals surface area (Å²) in [7, 11) is 2.95. The number of ether oxygens (including phenoxy) is 2. The second kappa shape index (κ2) is 5.44. The molecule has 0 saturated heterocycles. The summed E-state index contributed by atoms with van der Waals surface area (Å²) in [6.45, 7) is 0. The first-order valence-electron chi connectivity index (χ1n) is 6.22. The highest BCUT2D eigenvalue weighted by molar-refractivity contribution is 5.55. The van der Waals surface area contributed by atoms with E-state index in [1.807, 2.05) is 0 Å². The molecule has 1 aromatic rings. The lowest BCUT2D eigenvalue weighted by Gasteiger charge is -2.15. The van der Waals surface area contributed by atoms with Crippen LogP contribution in [-0.2, 0) is 0 Å². The molecule has 1 atom stereocenters. The molecule has 1 aromatic carbocycles. The van der Waals surface area contributed by atoms with Crippen LogP contribution in [0.4, 0.5) is 5.69 Å². The predicted octanol–water partition coefficient (Wildman–Crippen LogP) is 2.41. The molecule has 2 N–H and O–H groups in total. The van der Waals surface area contributed by atoms with Crippen LogP contribution in [0.25, 0.3) is 0 Å². The quantitative estimate of drug-likeness (QED) is 0.631. The van der Waals surface area contributed by atoms with Crippen molar-refractivity contribution in [1.82, 2.24) is 0 Å². The van der Waals surface area contributed by atoms with Gasteiger partial charge in [-0.1, -0.05) is 12.8 Å². The molecule has 0 aromatic heterocycles. The van der Waals surface area contributed by atoms with Gasteiger partial charge in [-0.2, -0.15) is 0 Å². The van der Waals surface area contributed by atoms with Crippen LogP contribution < -0.4 is 15.2 Å². The Bertz CT molecular complexity index is 486. The third-order valence-corrected chi connectivity index (χ3v) is 3.41. The molecule has 19 heavy (non-hydrogen) atoms. The van der Waals surface area contributed by atoms with Gasteiger partial charge in [0.25, 0.3) is 5.69 Å². The Balaban J connectivity index is 2.40. The predicted molar refractivity (Wildman–Crippen MR) is 70.5 cm³/mol.